The van der Waals surface area contributed by atoms with E-state index < -0.39 is 0 Å². The van der Waals surface area contributed by atoms with Crippen LogP contribution < -0.4 is 4.90 Å². The molecular weight excluding hydrogens is 813 g/mol. The summed E-state index contributed by atoms with van der Waals surface area (Å²) in [5.74, 6) is 0. The number of aromatic nitrogens is 1. The predicted octanol–water partition coefficient (Wildman–Crippen LogP) is 17.8. The molecular formula is C60H36N2O2S. The van der Waals surface area contributed by atoms with Crippen molar-refractivity contribution in [1.29, 1.82) is 0 Å². The molecule has 0 unspecified atom stereocenters. The second-order valence-corrected chi connectivity index (χ2v) is 17.9. The van der Waals surface area contributed by atoms with E-state index >= 15 is 0 Å². The molecule has 0 saturated heterocycles. The molecule has 0 spiro atoms. The summed E-state index contributed by atoms with van der Waals surface area (Å²) < 4.78 is 18.3. The molecule has 0 saturated carbocycles. The molecule has 0 aliphatic carbocycles. The van der Waals surface area contributed by atoms with Gasteiger partial charge in [0.15, 0.2) is 0 Å². The number of fused-ring (bicyclic) bond motifs is 12. The van der Waals surface area contributed by atoms with Crippen LogP contribution >= 0.6 is 11.3 Å². The van der Waals surface area contributed by atoms with Crippen molar-refractivity contribution in [3.63, 3.8) is 0 Å². The van der Waals surface area contributed by atoms with Gasteiger partial charge >= 0.3 is 0 Å². The van der Waals surface area contributed by atoms with E-state index in [-0.39, 0.29) is 0 Å². The predicted molar refractivity (Wildman–Crippen MR) is 274 cm³/mol. The van der Waals surface area contributed by atoms with Crippen molar-refractivity contribution >= 4 is 114 Å². The average Bonchev–Trinajstić information content (AvgIpc) is 4.14. The van der Waals surface area contributed by atoms with E-state index in [1.807, 2.05) is 29.5 Å². The Labute approximate surface area is 377 Å². The van der Waals surface area contributed by atoms with Gasteiger partial charge in [0.2, 0.25) is 0 Å². The van der Waals surface area contributed by atoms with E-state index in [1.165, 1.54) is 42.0 Å². The van der Waals surface area contributed by atoms with Gasteiger partial charge in [-0.3, -0.25) is 0 Å². The van der Waals surface area contributed by atoms with Gasteiger partial charge in [0.05, 0.1) is 21.4 Å². The molecule has 4 aromatic heterocycles. The molecule has 0 fully saturated rings. The first kappa shape index (κ1) is 36.1. The highest BCUT2D eigenvalue weighted by Crippen LogP contribution is 2.49. The third-order valence-electron chi connectivity index (χ3n) is 13.2. The lowest BCUT2D eigenvalue weighted by atomic mass is 9.99. The lowest BCUT2D eigenvalue weighted by Crippen LogP contribution is -2.10. The number of benzene rings is 10. The van der Waals surface area contributed by atoms with E-state index in [2.05, 4.69) is 210 Å². The zero-order valence-corrected chi connectivity index (χ0v) is 35.7. The molecule has 14 rings (SSSR count). The van der Waals surface area contributed by atoms with Crippen LogP contribution in [0.25, 0.3) is 114 Å². The second kappa shape index (κ2) is 14.1. The van der Waals surface area contributed by atoms with Gasteiger partial charge in [0.1, 0.15) is 22.3 Å². The van der Waals surface area contributed by atoms with Gasteiger partial charge in [-0.15, -0.1) is 11.3 Å². The van der Waals surface area contributed by atoms with Crippen molar-refractivity contribution in [2.75, 3.05) is 4.90 Å². The number of para-hydroxylation sites is 5. The highest BCUT2D eigenvalue weighted by Gasteiger charge is 2.23. The zero-order chi connectivity index (χ0) is 42.6. The molecule has 0 aliphatic rings. The lowest BCUT2D eigenvalue weighted by molar-refractivity contribution is 0.669. The Balaban J connectivity index is 1.01. The van der Waals surface area contributed by atoms with Gasteiger partial charge < -0.3 is 18.3 Å². The number of hydrogen-bond donors (Lipinski definition) is 0. The molecule has 4 nitrogen and oxygen atoms in total. The molecule has 0 aliphatic heterocycles. The third-order valence-corrected chi connectivity index (χ3v) is 14.4. The average molecular weight is 849 g/mol. The zero-order valence-electron chi connectivity index (χ0n) is 34.9. The first-order chi connectivity index (χ1) is 32.2. The molecule has 0 bridgehead atoms. The number of hydrogen-bond acceptors (Lipinski definition) is 4. The van der Waals surface area contributed by atoms with Gasteiger partial charge in [0.25, 0.3) is 0 Å². The highest BCUT2D eigenvalue weighted by molar-refractivity contribution is 7.26. The molecule has 0 radical (unpaired) electrons. The summed E-state index contributed by atoms with van der Waals surface area (Å²) >= 11 is 1.84. The Morgan fingerprint density at radius 3 is 1.71 bits per heavy atom. The van der Waals surface area contributed by atoms with Crippen LogP contribution in [0, 0.1) is 0 Å². The number of nitrogens with zero attached hydrogens (tertiary/aromatic N) is 2. The van der Waals surface area contributed by atoms with E-state index in [0.29, 0.717) is 0 Å². The van der Waals surface area contributed by atoms with Crippen LogP contribution in [0.4, 0.5) is 17.1 Å². The fraction of sp³-hybridized carbons (Fsp3) is 0. The Hall–Kier alpha value is -8.38. The SMILES string of the molecule is c1cc(-c2cccc3c2oc2ccccc23)cc(N(c2cc(-c3ccc(-n4c5ccccc5c5ccccc54)cc3)c3oc4ccccc4c3c2)c2cccc3c2sc2ccccc23)c1. The van der Waals surface area contributed by atoms with Crippen LogP contribution in [0.1, 0.15) is 0 Å². The number of anilines is 3. The van der Waals surface area contributed by atoms with Crippen molar-refractivity contribution in [2.24, 2.45) is 0 Å². The van der Waals surface area contributed by atoms with Crippen LogP contribution in [-0.2, 0) is 0 Å². The lowest BCUT2D eigenvalue weighted by Gasteiger charge is -2.27. The third kappa shape index (κ3) is 5.49. The molecule has 0 N–H and O–H groups in total. The quantitative estimate of drug-likeness (QED) is 0.167. The Kier molecular flexibility index (Phi) is 7.82. The summed E-state index contributed by atoms with van der Waals surface area (Å²) in [5, 5.41) is 9.38. The maximum Gasteiger partial charge on any atom is 0.143 e. The van der Waals surface area contributed by atoms with E-state index in [9.17, 15) is 0 Å². The summed E-state index contributed by atoms with van der Waals surface area (Å²) in [4.78, 5) is 2.44. The molecule has 10 aromatic carbocycles. The Morgan fingerprint density at radius 1 is 0.369 bits per heavy atom. The normalized spacial score (nSPS) is 12.0. The summed E-state index contributed by atoms with van der Waals surface area (Å²) in [6.45, 7) is 0. The topological polar surface area (TPSA) is 34.5 Å². The van der Waals surface area contributed by atoms with Gasteiger partial charge in [0, 0.05) is 76.0 Å². The largest absolute Gasteiger partial charge is 0.455 e. The molecule has 14 aromatic rings. The van der Waals surface area contributed by atoms with Crippen molar-refractivity contribution in [2.45, 2.75) is 0 Å². The fourth-order valence-corrected chi connectivity index (χ4v) is 11.5. The van der Waals surface area contributed by atoms with Gasteiger partial charge in [-0.1, -0.05) is 146 Å². The standard InChI is InChI=1S/C60H36N2O2S/c1-6-24-52-43(16-1)44-17-2-7-25-53(44)62(52)39-32-30-37(31-33-39)50-35-41(36-51-46-19-4-9-28-56(46)64-59(50)51)61(54-26-13-23-49-47-20-5-10-29-57(47)65-60(49)54)40-15-11-14-38(34-40)42-21-12-22-48-45-18-3-8-27-55(45)63-58(42)48/h1-36H. The van der Waals surface area contributed by atoms with E-state index in [1.54, 1.807) is 0 Å². The summed E-state index contributed by atoms with van der Waals surface area (Å²) in [6, 6.07) is 78.5. The van der Waals surface area contributed by atoms with Crippen LogP contribution in [0.15, 0.2) is 227 Å². The van der Waals surface area contributed by atoms with Gasteiger partial charge in [-0.25, -0.2) is 0 Å². The van der Waals surface area contributed by atoms with Crippen molar-refractivity contribution in [1.82, 2.24) is 4.57 Å². The Morgan fingerprint density at radius 2 is 0.954 bits per heavy atom. The summed E-state index contributed by atoms with van der Waals surface area (Å²) in [7, 11) is 0. The van der Waals surface area contributed by atoms with E-state index in [0.717, 1.165) is 88.9 Å². The van der Waals surface area contributed by atoms with Gasteiger partial charge in [-0.05, 0) is 83.9 Å². The van der Waals surface area contributed by atoms with Crippen LogP contribution in [0.2, 0.25) is 0 Å². The molecule has 5 heteroatoms. The maximum atomic E-state index is 6.82. The van der Waals surface area contributed by atoms with E-state index in [4.69, 9.17) is 8.83 Å². The number of furan rings is 2. The second-order valence-electron chi connectivity index (χ2n) is 16.8. The van der Waals surface area contributed by atoms with Crippen molar-refractivity contribution in [3.05, 3.63) is 218 Å². The van der Waals surface area contributed by atoms with Crippen molar-refractivity contribution in [3.8, 4) is 27.9 Å². The minimum atomic E-state index is 0.863. The minimum Gasteiger partial charge on any atom is -0.455 e. The maximum absolute atomic E-state index is 6.82. The summed E-state index contributed by atoms with van der Waals surface area (Å²) in [5.41, 5.74) is 14.4. The molecule has 0 atom stereocenters. The monoisotopic (exact) mass is 848 g/mol. The van der Waals surface area contributed by atoms with Crippen LogP contribution in [0.5, 0.6) is 0 Å². The smallest absolute Gasteiger partial charge is 0.143 e. The highest BCUT2D eigenvalue weighted by atomic mass is 32.1. The Bertz CT molecular complexity index is 4150. The van der Waals surface area contributed by atoms with Crippen LogP contribution in [0.3, 0.4) is 0 Å². The first-order valence-electron chi connectivity index (χ1n) is 22.0. The summed E-state index contributed by atoms with van der Waals surface area (Å²) in [6.07, 6.45) is 0. The molecule has 304 valence electrons. The molecule has 65 heavy (non-hydrogen) atoms. The minimum absolute atomic E-state index is 0.863. The number of rotatable bonds is 6. The molecule has 0 amide bonds. The van der Waals surface area contributed by atoms with Gasteiger partial charge in [-0.2, -0.15) is 0 Å². The molecule has 4 heterocycles. The fourth-order valence-electron chi connectivity index (χ4n) is 10.3. The van der Waals surface area contributed by atoms with Crippen molar-refractivity contribution < 1.29 is 8.83 Å². The van der Waals surface area contributed by atoms with Crippen LogP contribution in [-0.4, -0.2) is 4.57 Å². The number of thiophene rings is 1. The first-order valence-corrected chi connectivity index (χ1v) is 22.8.